The van der Waals surface area contributed by atoms with Crippen molar-refractivity contribution in [2.24, 2.45) is 0 Å². The van der Waals surface area contributed by atoms with Gasteiger partial charge in [0.1, 0.15) is 29.2 Å². The molecule has 0 aliphatic carbocycles. The molecule has 7 heteroatoms. The van der Waals surface area contributed by atoms with Crippen LogP contribution in [0.1, 0.15) is 43.9 Å². The number of nitro groups is 1. The molecular formula is C20H20N2O5. The standard InChI is InChI=1S/C20H20N2O5/c1-11(12-7-5-4-6-8-12)19(23)21-14-9-13-16(10-15(14)22(24)25)27-20(2,3)18-17(13)26-18/h4-11,17-18H,1-3H3,(H,21,23). The van der Waals surface area contributed by atoms with Gasteiger partial charge in [0.25, 0.3) is 5.69 Å². The third kappa shape index (κ3) is 3.04. The Morgan fingerprint density at radius 3 is 2.63 bits per heavy atom. The van der Waals surface area contributed by atoms with Crippen LogP contribution in [-0.2, 0) is 9.53 Å². The van der Waals surface area contributed by atoms with Crippen molar-refractivity contribution in [1.82, 2.24) is 0 Å². The third-order valence-corrected chi connectivity index (χ3v) is 5.13. The number of amides is 1. The summed E-state index contributed by atoms with van der Waals surface area (Å²) < 4.78 is 11.6. The zero-order valence-electron chi connectivity index (χ0n) is 15.3. The number of nitrogens with zero attached hydrogens (tertiary/aromatic N) is 1. The second kappa shape index (κ2) is 6.06. The van der Waals surface area contributed by atoms with E-state index >= 15 is 0 Å². The minimum atomic E-state index is -0.544. The number of ether oxygens (including phenoxy) is 2. The van der Waals surface area contributed by atoms with Crippen LogP contribution in [0.4, 0.5) is 11.4 Å². The Bertz CT molecular complexity index is 925. The fourth-order valence-corrected chi connectivity index (χ4v) is 3.50. The van der Waals surface area contributed by atoms with E-state index in [4.69, 9.17) is 9.47 Å². The summed E-state index contributed by atoms with van der Waals surface area (Å²) in [7, 11) is 0. The van der Waals surface area contributed by atoms with Crippen molar-refractivity contribution in [3.05, 3.63) is 63.7 Å². The van der Waals surface area contributed by atoms with Crippen LogP contribution in [0.15, 0.2) is 42.5 Å². The maximum Gasteiger partial charge on any atom is 0.296 e. The minimum Gasteiger partial charge on any atom is -0.484 e. The highest BCUT2D eigenvalue weighted by Crippen LogP contribution is 2.55. The summed E-state index contributed by atoms with van der Waals surface area (Å²) in [5.74, 6) is -0.323. The maximum atomic E-state index is 12.7. The van der Waals surface area contributed by atoms with Crippen molar-refractivity contribution in [1.29, 1.82) is 0 Å². The smallest absolute Gasteiger partial charge is 0.296 e. The van der Waals surface area contributed by atoms with Gasteiger partial charge in [-0.05, 0) is 32.4 Å². The Morgan fingerprint density at radius 1 is 1.26 bits per heavy atom. The predicted octanol–water partition coefficient (Wildman–Crippen LogP) is 3.95. The molecule has 3 unspecified atom stereocenters. The quantitative estimate of drug-likeness (QED) is 0.501. The number of epoxide rings is 1. The molecule has 27 heavy (non-hydrogen) atoms. The van der Waals surface area contributed by atoms with Crippen LogP contribution in [0.2, 0.25) is 0 Å². The molecule has 3 atom stereocenters. The maximum absolute atomic E-state index is 12.7. The van der Waals surface area contributed by atoms with Gasteiger partial charge in [0.05, 0.1) is 16.9 Å². The second-order valence-electron chi connectivity index (χ2n) is 7.47. The van der Waals surface area contributed by atoms with Crippen molar-refractivity contribution in [3.8, 4) is 5.75 Å². The molecule has 0 spiro atoms. The molecule has 2 heterocycles. The number of carbonyl (C=O) groups is 1. The van der Waals surface area contributed by atoms with E-state index in [1.54, 1.807) is 13.0 Å². The van der Waals surface area contributed by atoms with Gasteiger partial charge in [-0.15, -0.1) is 0 Å². The van der Waals surface area contributed by atoms with Gasteiger partial charge in [-0.2, -0.15) is 0 Å². The number of nitro benzene ring substituents is 1. The molecule has 140 valence electrons. The summed E-state index contributed by atoms with van der Waals surface area (Å²) in [5, 5.41) is 14.3. The van der Waals surface area contributed by atoms with Crippen molar-refractivity contribution in [2.75, 3.05) is 5.32 Å². The van der Waals surface area contributed by atoms with E-state index in [1.165, 1.54) is 6.07 Å². The van der Waals surface area contributed by atoms with Gasteiger partial charge < -0.3 is 14.8 Å². The van der Waals surface area contributed by atoms with Gasteiger partial charge in [-0.25, -0.2) is 0 Å². The van der Waals surface area contributed by atoms with Gasteiger partial charge in [0.2, 0.25) is 5.91 Å². The number of fused-ring (bicyclic) bond motifs is 3. The van der Waals surface area contributed by atoms with E-state index in [2.05, 4.69) is 5.32 Å². The van der Waals surface area contributed by atoms with Crippen molar-refractivity contribution < 1.29 is 19.2 Å². The zero-order chi connectivity index (χ0) is 19.3. The fourth-order valence-electron chi connectivity index (χ4n) is 3.50. The number of nitrogens with one attached hydrogen (secondary N) is 1. The lowest BCUT2D eigenvalue weighted by Gasteiger charge is -2.29. The van der Waals surface area contributed by atoms with Gasteiger partial charge in [-0.3, -0.25) is 14.9 Å². The van der Waals surface area contributed by atoms with Crippen molar-refractivity contribution >= 4 is 17.3 Å². The van der Waals surface area contributed by atoms with E-state index in [0.29, 0.717) is 5.75 Å². The van der Waals surface area contributed by atoms with Crippen molar-refractivity contribution in [2.45, 2.75) is 44.5 Å². The van der Waals surface area contributed by atoms with Crippen LogP contribution in [0, 0.1) is 10.1 Å². The predicted molar refractivity (Wildman–Crippen MR) is 98.9 cm³/mol. The number of hydrogen-bond acceptors (Lipinski definition) is 5. The number of rotatable bonds is 4. The van der Waals surface area contributed by atoms with Gasteiger partial charge in [0.15, 0.2) is 0 Å². The summed E-state index contributed by atoms with van der Waals surface area (Å²) in [4.78, 5) is 23.7. The molecule has 0 aromatic heterocycles. The molecule has 0 saturated carbocycles. The zero-order valence-corrected chi connectivity index (χ0v) is 15.3. The molecule has 1 N–H and O–H groups in total. The first-order valence-corrected chi connectivity index (χ1v) is 8.80. The number of hydrogen-bond donors (Lipinski definition) is 1. The minimum absolute atomic E-state index is 0.0850. The average molecular weight is 368 g/mol. The first-order valence-electron chi connectivity index (χ1n) is 8.80. The Morgan fingerprint density at radius 2 is 1.96 bits per heavy atom. The molecule has 2 aromatic rings. The molecule has 1 fully saturated rings. The Balaban J connectivity index is 1.66. The molecular weight excluding hydrogens is 348 g/mol. The first-order chi connectivity index (χ1) is 12.8. The molecule has 1 saturated heterocycles. The highest BCUT2D eigenvalue weighted by Gasteiger charge is 2.57. The lowest BCUT2D eigenvalue weighted by Crippen LogP contribution is -2.37. The van der Waals surface area contributed by atoms with Gasteiger partial charge in [0, 0.05) is 5.56 Å². The molecule has 0 radical (unpaired) electrons. The van der Waals surface area contributed by atoms with Crippen molar-refractivity contribution in [3.63, 3.8) is 0 Å². The Labute approximate surface area is 156 Å². The van der Waals surface area contributed by atoms with E-state index in [0.717, 1.165) is 11.1 Å². The largest absolute Gasteiger partial charge is 0.484 e. The molecule has 2 aliphatic rings. The van der Waals surface area contributed by atoms with E-state index in [1.807, 2.05) is 44.2 Å². The summed E-state index contributed by atoms with van der Waals surface area (Å²) in [6.45, 7) is 5.55. The Kier molecular flexibility index (Phi) is 3.92. The molecule has 7 nitrogen and oxygen atoms in total. The third-order valence-electron chi connectivity index (χ3n) is 5.13. The molecule has 2 aliphatic heterocycles. The molecule has 2 aromatic carbocycles. The molecule has 4 rings (SSSR count). The topological polar surface area (TPSA) is 94.0 Å². The molecule has 0 bridgehead atoms. The normalized spacial score (nSPS) is 22.6. The number of carbonyl (C=O) groups excluding carboxylic acids is 1. The first kappa shape index (κ1) is 17.5. The summed E-state index contributed by atoms with van der Waals surface area (Å²) >= 11 is 0. The van der Waals surface area contributed by atoms with E-state index < -0.39 is 16.4 Å². The number of benzene rings is 2. The fraction of sp³-hybridized carbons (Fsp3) is 0.350. The van der Waals surface area contributed by atoms with Crippen LogP contribution < -0.4 is 10.1 Å². The van der Waals surface area contributed by atoms with Gasteiger partial charge in [-0.1, -0.05) is 30.3 Å². The molecule has 1 amide bonds. The average Bonchev–Trinajstić information content (AvgIpc) is 3.43. The lowest BCUT2D eigenvalue weighted by atomic mass is 9.93. The highest BCUT2D eigenvalue weighted by atomic mass is 16.6. The highest BCUT2D eigenvalue weighted by molar-refractivity contribution is 5.97. The Hall–Kier alpha value is -2.93. The van der Waals surface area contributed by atoms with Gasteiger partial charge >= 0.3 is 0 Å². The van der Waals surface area contributed by atoms with E-state index in [-0.39, 0.29) is 29.5 Å². The monoisotopic (exact) mass is 368 g/mol. The second-order valence-corrected chi connectivity index (χ2v) is 7.47. The van der Waals surface area contributed by atoms with Crippen LogP contribution >= 0.6 is 0 Å². The van der Waals surface area contributed by atoms with Crippen LogP contribution in [0.25, 0.3) is 0 Å². The summed E-state index contributed by atoms with van der Waals surface area (Å²) in [6, 6.07) is 12.2. The lowest BCUT2D eigenvalue weighted by molar-refractivity contribution is -0.384. The summed E-state index contributed by atoms with van der Waals surface area (Å²) in [6.07, 6.45) is -0.245. The summed E-state index contributed by atoms with van der Waals surface area (Å²) in [5.41, 5.74) is 0.984. The van der Waals surface area contributed by atoms with Crippen LogP contribution in [0.3, 0.4) is 0 Å². The van der Waals surface area contributed by atoms with E-state index in [9.17, 15) is 14.9 Å². The number of anilines is 1. The SMILES string of the molecule is CC(C(=O)Nc1cc2c(cc1[N+](=O)[O-])OC(C)(C)C1OC21)c1ccccc1. The van der Waals surface area contributed by atoms with Crippen LogP contribution in [-0.4, -0.2) is 22.5 Å². The van der Waals surface area contributed by atoms with Crippen LogP contribution in [0.5, 0.6) is 5.75 Å².